The molecule has 0 unspecified atom stereocenters. The molecule has 11 heavy (non-hydrogen) atoms. The summed E-state index contributed by atoms with van der Waals surface area (Å²) in [6.45, 7) is 9.47. The van der Waals surface area contributed by atoms with Crippen LogP contribution in [0.1, 0.15) is 20.3 Å². The SMILES string of the molecule is C=C1CN(C(=O)CC(C)C)C1. The number of likely N-dealkylation sites (tertiary alicyclic amines) is 1. The molecule has 1 amide bonds. The van der Waals surface area contributed by atoms with E-state index in [1.807, 2.05) is 4.90 Å². The van der Waals surface area contributed by atoms with Crippen LogP contribution in [0, 0.1) is 5.92 Å². The van der Waals surface area contributed by atoms with E-state index in [0.29, 0.717) is 12.3 Å². The van der Waals surface area contributed by atoms with Crippen molar-refractivity contribution in [3.63, 3.8) is 0 Å². The molecule has 1 saturated heterocycles. The minimum absolute atomic E-state index is 0.271. The van der Waals surface area contributed by atoms with Crippen LogP contribution < -0.4 is 0 Å². The summed E-state index contributed by atoms with van der Waals surface area (Å²) < 4.78 is 0. The molecule has 0 aliphatic carbocycles. The van der Waals surface area contributed by atoms with Crippen LogP contribution in [0.2, 0.25) is 0 Å². The second kappa shape index (κ2) is 3.07. The molecule has 2 nitrogen and oxygen atoms in total. The molecule has 1 aliphatic rings. The molecule has 0 saturated carbocycles. The highest BCUT2D eigenvalue weighted by atomic mass is 16.2. The van der Waals surface area contributed by atoms with Gasteiger partial charge in [0.15, 0.2) is 0 Å². The maximum Gasteiger partial charge on any atom is 0.223 e. The molecular weight excluding hydrogens is 138 g/mol. The first-order valence-corrected chi connectivity index (χ1v) is 4.04. The van der Waals surface area contributed by atoms with Crippen LogP contribution in [-0.4, -0.2) is 23.9 Å². The lowest BCUT2D eigenvalue weighted by Crippen LogP contribution is -2.44. The van der Waals surface area contributed by atoms with Gasteiger partial charge in [-0.05, 0) is 11.5 Å². The van der Waals surface area contributed by atoms with Gasteiger partial charge in [-0.15, -0.1) is 0 Å². The Morgan fingerprint density at radius 1 is 1.64 bits per heavy atom. The molecule has 0 N–H and O–H groups in total. The van der Waals surface area contributed by atoms with Crippen molar-refractivity contribution in [2.24, 2.45) is 5.92 Å². The summed E-state index contributed by atoms with van der Waals surface area (Å²) in [6, 6.07) is 0. The maximum atomic E-state index is 11.3. The lowest BCUT2D eigenvalue weighted by Gasteiger charge is -2.33. The van der Waals surface area contributed by atoms with E-state index < -0.39 is 0 Å². The molecule has 1 fully saturated rings. The molecule has 0 radical (unpaired) electrons. The van der Waals surface area contributed by atoms with E-state index >= 15 is 0 Å². The number of amides is 1. The Labute approximate surface area is 67.9 Å². The Kier molecular flexibility index (Phi) is 2.32. The highest BCUT2D eigenvalue weighted by Gasteiger charge is 2.23. The molecule has 2 heteroatoms. The molecule has 0 bridgehead atoms. The highest BCUT2D eigenvalue weighted by molar-refractivity contribution is 5.78. The van der Waals surface area contributed by atoms with Crippen molar-refractivity contribution < 1.29 is 4.79 Å². The first kappa shape index (κ1) is 8.31. The molecule has 62 valence electrons. The zero-order valence-electron chi connectivity index (χ0n) is 7.26. The van der Waals surface area contributed by atoms with Gasteiger partial charge in [0.2, 0.25) is 5.91 Å². The summed E-state index contributed by atoms with van der Waals surface area (Å²) in [6.07, 6.45) is 0.674. The smallest absolute Gasteiger partial charge is 0.223 e. The van der Waals surface area contributed by atoms with Gasteiger partial charge >= 0.3 is 0 Å². The van der Waals surface area contributed by atoms with Crippen molar-refractivity contribution >= 4 is 5.91 Å². The summed E-state index contributed by atoms with van der Waals surface area (Å²) >= 11 is 0. The molecule has 0 aromatic rings. The predicted molar refractivity (Wildman–Crippen MR) is 45.2 cm³/mol. The fourth-order valence-corrected chi connectivity index (χ4v) is 1.15. The van der Waals surface area contributed by atoms with E-state index in [0.717, 1.165) is 13.1 Å². The molecule has 0 aromatic heterocycles. The highest BCUT2D eigenvalue weighted by Crippen LogP contribution is 2.14. The van der Waals surface area contributed by atoms with Crippen molar-refractivity contribution in [3.05, 3.63) is 12.2 Å². The van der Waals surface area contributed by atoms with E-state index in [2.05, 4.69) is 20.4 Å². The van der Waals surface area contributed by atoms with Gasteiger partial charge in [0.25, 0.3) is 0 Å². The first-order valence-electron chi connectivity index (χ1n) is 4.04. The number of hydrogen-bond acceptors (Lipinski definition) is 1. The molecule has 0 atom stereocenters. The van der Waals surface area contributed by atoms with Gasteiger partial charge in [-0.25, -0.2) is 0 Å². The normalized spacial score (nSPS) is 17.0. The minimum Gasteiger partial charge on any atom is -0.335 e. The summed E-state index contributed by atoms with van der Waals surface area (Å²) in [5.41, 5.74) is 1.17. The average molecular weight is 153 g/mol. The monoisotopic (exact) mass is 153 g/mol. The second-order valence-electron chi connectivity index (χ2n) is 3.60. The van der Waals surface area contributed by atoms with Crippen LogP contribution in [0.3, 0.4) is 0 Å². The van der Waals surface area contributed by atoms with E-state index in [-0.39, 0.29) is 5.91 Å². The van der Waals surface area contributed by atoms with Crippen molar-refractivity contribution in [1.82, 2.24) is 4.90 Å². The molecule has 1 heterocycles. The van der Waals surface area contributed by atoms with Gasteiger partial charge in [0.1, 0.15) is 0 Å². The molecule has 0 aromatic carbocycles. The largest absolute Gasteiger partial charge is 0.335 e. The summed E-state index contributed by atoms with van der Waals surface area (Å²) in [4.78, 5) is 13.1. The third-order valence-electron chi connectivity index (χ3n) is 1.76. The lowest BCUT2D eigenvalue weighted by molar-refractivity contribution is -0.133. The maximum absolute atomic E-state index is 11.3. The van der Waals surface area contributed by atoms with Gasteiger partial charge < -0.3 is 4.90 Å². The number of carbonyl (C=O) groups excluding carboxylic acids is 1. The number of carbonyl (C=O) groups is 1. The number of nitrogens with zero attached hydrogens (tertiary/aromatic N) is 1. The molecule has 1 rings (SSSR count). The fourth-order valence-electron chi connectivity index (χ4n) is 1.15. The van der Waals surface area contributed by atoms with Crippen LogP contribution >= 0.6 is 0 Å². The summed E-state index contributed by atoms with van der Waals surface area (Å²) in [7, 11) is 0. The standard InChI is InChI=1S/C9H15NO/c1-7(2)4-9(11)10-5-8(3)6-10/h7H,3-6H2,1-2H3. The Morgan fingerprint density at radius 3 is 2.55 bits per heavy atom. The average Bonchev–Trinajstić information content (AvgIpc) is 1.79. The Balaban J connectivity index is 2.26. The van der Waals surface area contributed by atoms with Crippen LogP contribution in [0.4, 0.5) is 0 Å². The quantitative estimate of drug-likeness (QED) is 0.549. The topological polar surface area (TPSA) is 20.3 Å². The van der Waals surface area contributed by atoms with Crippen LogP contribution in [-0.2, 0) is 4.79 Å². The summed E-state index contributed by atoms with van der Waals surface area (Å²) in [5, 5.41) is 0. The second-order valence-corrected chi connectivity index (χ2v) is 3.60. The molecule has 0 spiro atoms. The number of rotatable bonds is 2. The van der Waals surface area contributed by atoms with E-state index in [1.165, 1.54) is 5.57 Å². The van der Waals surface area contributed by atoms with E-state index in [1.54, 1.807) is 0 Å². The zero-order valence-corrected chi connectivity index (χ0v) is 7.26. The van der Waals surface area contributed by atoms with Crippen LogP contribution in [0.5, 0.6) is 0 Å². The predicted octanol–water partition coefficient (Wildman–Crippen LogP) is 1.43. The van der Waals surface area contributed by atoms with Crippen molar-refractivity contribution in [2.45, 2.75) is 20.3 Å². The Hall–Kier alpha value is -0.790. The third-order valence-corrected chi connectivity index (χ3v) is 1.76. The molecular formula is C9H15NO. The fraction of sp³-hybridized carbons (Fsp3) is 0.667. The Morgan fingerprint density at radius 2 is 2.18 bits per heavy atom. The van der Waals surface area contributed by atoms with Gasteiger partial charge in [-0.2, -0.15) is 0 Å². The zero-order chi connectivity index (χ0) is 8.43. The van der Waals surface area contributed by atoms with E-state index in [9.17, 15) is 4.79 Å². The Bertz CT molecular complexity index is 176. The van der Waals surface area contributed by atoms with Crippen molar-refractivity contribution in [1.29, 1.82) is 0 Å². The molecule has 1 aliphatic heterocycles. The van der Waals surface area contributed by atoms with Crippen molar-refractivity contribution in [2.75, 3.05) is 13.1 Å². The summed E-state index contributed by atoms with van der Waals surface area (Å²) in [5.74, 6) is 0.740. The van der Waals surface area contributed by atoms with Gasteiger partial charge in [-0.3, -0.25) is 4.79 Å². The van der Waals surface area contributed by atoms with Gasteiger partial charge in [0.05, 0.1) is 0 Å². The number of hydrogen-bond donors (Lipinski definition) is 0. The van der Waals surface area contributed by atoms with Crippen LogP contribution in [0.15, 0.2) is 12.2 Å². The first-order chi connectivity index (χ1) is 5.09. The minimum atomic E-state index is 0.271. The van der Waals surface area contributed by atoms with E-state index in [4.69, 9.17) is 0 Å². The van der Waals surface area contributed by atoms with Crippen LogP contribution in [0.25, 0.3) is 0 Å². The lowest BCUT2D eigenvalue weighted by atomic mass is 10.1. The third kappa shape index (κ3) is 2.07. The van der Waals surface area contributed by atoms with Gasteiger partial charge in [-0.1, -0.05) is 20.4 Å². The van der Waals surface area contributed by atoms with Gasteiger partial charge in [0, 0.05) is 19.5 Å². The van der Waals surface area contributed by atoms with Crippen molar-refractivity contribution in [3.8, 4) is 0 Å².